The van der Waals surface area contributed by atoms with Crippen molar-refractivity contribution in [2.75, 3.05) is 6.61 Å². The van der Waals surface area contributed by atoms with Crippen LogP contribution in [0, 0.1) is 5.92 Å². The van der Waals surface area contributed by atoms with E-state index in [0.29, 0.717) is 19.5 Å². The molecule has 1 heterocycles. The van der Waals surface area contributed by atoms with Gasteiger partial charge in [0.1, 0.15) is 11.6 Å². The van der Waals surface area contributed by atoms with Gasteiger partial charge in [-0.05, 0) is 40.5 Å². The van der Waals surface area contributed by atoms with Crippen LogP contribution in [0.15, 0.2) is 0 Å². The highest BCUT2D eigenvalue weighted by Gasteiger charge is 2.29. The van der Waals surface area contributed by atoms with E-state index in [2.05, 4.69) is 10.1 Å². The van der Waals surface area contributed by atoms with Crippen molar-refractivity contribution >= 4 is 18.3 Å². The predicted octanol–water partition coefficient (Wildman–Crippen LogP) is 1.14. The maximum absolute atomic E-state index is 11.7. The minimum Gasteiger partial charge on any atom is -0.464 e. The molecule has 1 rings (SSSR count). The first kappa shape index (κ1) is 21.4. The van der Waals surface area contributed by atoms with Gasteiger partial charge < -0.3 is 20.5 Å². The first-order valence-corrected chi connectivity index (χ1v) is 7.91. The van der Waals surface area contributed by atoms with Gasteiger partial charge in [-0.15, -0.1) is 0 Å². The molecule has 134 valence electrons. The molecule has 1 aliphatic rings. The molecule has 3 atom stereocenters. The molecule has 1 aliphatic heterocycles. The third kappa shape index (κ3) is 10.7. The molecule has 0 saturated carbocycles. The summed E-state index contributed by atoms with van der Waals surface area (Å²) in [7, 11) is 0. The lowest BCUT2D eigenvalue weighted by Gasteiger charge is -2.15. The number of hydrogen-bond donors (Lipinski definition) is 2. The molecule has 0 spiro atoms. The molecule has 23 heavy (non-hydrogen) atoms. The van der Waals surface area contributed by atoms with E-state index in [1.54, 1.807) is 0 Å². The largest absolute Gasteiger partial charge is 0.464 e. The van der Waals surface area contributed by atoms with Gasteiger partial charge in [-0.3, -0.25) is 9.59 Å². The second-order valence-corrected chi connectivity index (χ2v) is 6.80. The number of nitrogens with two attached hydrogens (primary N) is 1. The van der Waals surface area contributed by atoms with Gasteiger partial charge in [0.05, 0.1) is 6.61 Å². The summed E-state index contributed by atoms with van der Waals surface area (Å²) in [6, 6.07) is -0.350. The Labute approximate surface area is 138 Å². The normalized spacial score (nSPS) is 19.7. The molecular formula is C16H30N2O5. The summed E-state index contributed by atoms with van der Waals surface area (Å²) < 4.78 is 9.32. The number of hydrogen-bond acceptors (Lipinski definition) is 6. The van der Waals surface area contributed by atoms with Crippen molar-refractivity contribution in [2.24, 2.45) is 11.7 Å². The molecule has 7 nitrogen and oxygen atoms in total. The van der Waals surface area contributed by atoms with Crippen LogP contribution in [0.4, 0.5) is 0 Å². The lowest BCUT2D eigenvalue weighted by atomic mass is 10.0. The first-order valence-electron chi connectivity index (χ1n) is 7.91. The van der Waals surface area contributed by atoms with Crippen molar-refractivity contribution < 1.29 is 23.9 Å². The third-order valence-electron chi connectivity index (χ3n) is 3.16. The average molecular weight is 330 g/mol. The van der Waals surface area contributed by atoms with E-state index in [1.807, 2.05) is 34.6 Å². The van der Waals surface area contributed by atoms with Crippen LogP contribution >= 0.6 is 0 Å². The first-order chi connectivity index (χ1) is 10.6. The molecular weight excluding hydrogens is 300 g/mol. The Balaban J connectivity index is 0.000000585. The molecule has 0 radical (unpaired) electrons. The number of esters is 1. The van der Waals surface area contributed by atoms with Crippen LogP contribution in [0.5, 0.6) is 0 Å². The maximum Gasteiger partial charge on any atom is 0.328 e. The molecule has 0 aromatic rings. The average Bonchev–Trinajstić information content (AvgIpc) is 2.80. The number of ether oxygens (including phenoxy) is 2. The summed E-state index contributed by atoms with van der Waals surface area (Å²) in [5.41, 5.74) is 5.30. The number of carbonyl (C=O) groups excluding carboxylic acids is 3. The van der Waals surface area contributed by atoms with E-state index in [-0.39, 0.29) is 29.4 Å². The zero-order valence-corrected chi connectivity index (χ0v) is 14.8. The van der Waals surface area contributed by atoms with Crippen LogP contribution in [0.3, 0.4) is 0 Å². The fraction of sp³-hybridized carbons (Fsp3) is 0.812. The Hall–Kier alpha value is -1.63. The summed E-state index contributed by atoms with van der Waals surface area (Å²) in [6.07, 6.45) is 2.12. The SMILES string of the molecule is CC(C)(C)OC=O.CC(CC[C@H](C)N)C(=O)NC1CCOC1=O. The van der Waals surface area contributed by atoms with Crippen molar-refractivity contribution in [3.05, 3.63) is 0 Å². The van der Waals surface area contributed by atoms with Gasteiger partial charge in [0.2, 0.25) is 5.91 Å². The Kier molecular flexibility index (Phi) is 9.48. The van der Waals surface area contributed by atoms with Crippen LogP contribution in [-0.4, -0.2) is 42.6 Å². The minimum atomic E-state index is -0.453. The van der Waals surface area contributed by atoms with E-state index < -0.39 is 6.04 Å². The number of carbonyl (C=O) groups is 3. The van der Waals surface area contributed by atoms with Crippen molar-refractivity contribution in [3.63, 3.8) is 0 Å². The topological polar surface area (TPSA) is 108 Å². The molecule has 0 bridgehead atoms. The summed E-state index contributed by atoms with van der Waals surface area (Å²) in [4.78, 5) is 32.4. The van der Waals surface area contributed by atoms with Gasteiger partial charge in [0.25, 0.3) is 6.47 Å². The van der Waals surface area contributed by atoms with Crippen LogP contribution in [-0.2, 0) is 23.9 Å². The Bertz CT molecular complexity index is 390. The number of nitrogens with one attached hydrogen (secondary N) is 1. The van der Waals surface area contributed by atoms with E-state index in [1.165, 1.54) is 0 Å². The van der Waals surface area contributed by atoms with Crippen molar-refractivity contribution in [3.8, 4) is 0 Å². The third-order valence-corrected chi connectivity index (χ3v) is 3.16. The van der Waals surface area contributed by atoms with Crippen LogP contribution in [0.1, 0.15) is 53.9 Å². The standard InChI is InChI=1S/C11H20N2O3.C5H10O2/c1-7(3-4-8(2)12)10(14)13-9-5-6-16-11(9)15;1-5(2,3)7-4-6/h7-9H,3-6,12H2,1-2H3,(H,13,14);4H,1-3H3/t7?,8-,9?;/m0./s1. The highest BCUT2D eigenvalue weighted by molar-refractivity contribution is 5.86. The summed E-state index contributed by atoms with van der Waals surface area (Å²) >= 11 is 0. The zero-order chi connectivity index (χ0) is 18.0. The molecule has 0 aliphatic carbocycles. The van der Waals surface area contributed by atoms with Crippen LogP contribution in [0.25, 0.3) is 0 Å². The number of amides is 1. The zero-order valence-electron chi connectivity index (χ0n) is 14.8. The van der Waals surface area contributed by atoms with Crippen LogP contribution < -0.4 is 11.1 Å². The number of rotatable bonds is 6. The molecule has 0 aromatic carbocycles. The number of cyclic esters (lactones) is 1. The van der Waals surface area contributed by atoms with E-state index in [0.717, 1.165) is 12.8 Å². The van der Waals surface area contributed by atoms with Crippen molar-refractivity contribution in [1.29, 1.82) is 0 Å². The fourth-order valence-electron chi connectivity index (χ4n) is 1.73. The quantitative estimate of drug-likeness (QED) is 0.558. The van der Waals surface area contributed by atoms with E-state index in [9.17, 15) is 14.4 Å². The van der Waals surface area contributed by atoms with Gasteiger partial charge in [-0.1, -0.05) is 6.92 Å². The molecule has 2 unspecified atom stereocenters. The van der Waals surface area contributed by atoms with Crippen LogP contribution in [0.2, 0.25) is 0 Å². The monoisotopic (exact) mass is 330 g/mol. The Morgan fingerprint density at radius 3 is 2.39 bits per heavy atom. The van der Waals surface area contributed by atoms with Crippen molar-refractivity contribution in [2.45, 2.75) is 71.6 Å². The second-order valence-electron chi connectivity index (χ2n) is 6.80. The van der Waals surface area contributed by atoms with Gasteiger partial charge >= 0.3 is 5.97 Å². The molecule has 3 N–H and O–H groups in total. The summed E-state index contributed by atoms with van der Waals surface area (Å²) in [5, 5.41) is 2.70. The summed E-state index contributed by atoms with van der Waals surface area (Å²) in [6.45, 7) is 10.1. The smallest absolute Gasteiger partial charge is 0.328 e. The van der Waals surface area contributed by atoms with Gasteiger partial charge in [-0.2, -0.15) is 0 Å². The Morgan fingerprint density at radius 2 is 2.04 bits per heavy atom. The second kappa shape index (κ2) is 10.2. The fourth-order valence-corrected chi connectivity index (χ4v) is 1.73. The predicted molar refractivity (Wildman–Crippen MR) is 86.5 cm³/mol. The molecule has 1 fully saturated rings. The molecule has 7 heteroatoms. The van der Waals surface area contributed by atoms with E-state index >= 15 is 0 Å². The van der Waals surface area contributed by atoms with Gasteiger partial charge in [0, 0.05) is 18.4 Å². The van der Waals surface area contributed by atoms with Crippen molar-refractivity contribution in [1.82, 2.24) is 5.32 Å². The lowest BCUT2D eigenvalue weighted by Crippen LogP contribution is -2.41. The Morgan fingerprint density at radius 1 is 1.43 bits per heavy atom. The lowest BCUT2D eigenvalue weighted by molar-refractivity contribution is -0.142. The van der Waals surface area contributed by atoms with Gasteiger partial charge in [0.15, 0.2) is 0 Å². The molecule has 1 amide bonds. The minimum absolute atomic E-state index is 0.0931. The highest BCUT2D eigenvalue weighted by atomic mass is 16.5. The molecule has 1 saturated heterocycles. The molecule has 0 aromatic heterocycles. The highest BCUT2D eigenvalue weighted by Crippen LogP contribution is 2.10. The maximum atomic E-state index is 11.7. The summed E-state index contributed by atoms with van der Waals surface area (Å²) in [5.74, 6) is -0.531. The van der Waals surface area contributed by atoms with E-state index in [4.69, 9.17) is 10.5 Å². The van der Waals surface area contributed by atoms with Gasteiger partial charge in [-0.25, -0.2) is 4.79 Å².